The topological polar surface area (TPSA) is 83.8 Å². The molecule has 136 valence electrons. The molecule has 0 saturated heterocycles. The van der Waals surface area contributed by atoms with E-state index >= 15 is 0 Å². The first-order valence-electron chi connectivity index (χ1n) is 8.98. The highest BCUT2D eigenvalue weighted by molar-refractivity contribution is 6.13. The van der Waals surface area contributed by atoms with Gasteiger partial charge in [-0.2, -0.15) is 0 Å². The number of hydrogen-bond acceptors (Lipinski definition) is 5. The molecule has 3 aliphatic rings. The largest absolute Gasteiger partial charge is 0.508 e. The smallest absolute Gasteiger partial charge is 0.192 e. The summed E-state index contributed by atoms with van der Waals surface area (Å²) in [6.45, 7) is 1.48. The van der Waals surface area contributed by atoms with E-state index in [0.29, 0.717) is 29.5 Å². The van der Waals surface area contributed by atoms with Crippen LogP contribution in [0.2, 0.25) is 0 Å². The molecular formula is C21H22O5. The lowest BCUT2D eigenvalue weighted by Gasteiger charge is -2.42. The van der Waals surface area contributed by atoms with E-state index in [2.05, 4.69) is 0 Å². The molecule has 5 heteroatoms. The number of ether oxygens (including phenoxy) is 1. The van der Waals surface area contributed by atoms with Crippen molar-refractivity contribution in [1.82, 2.24) is 0 Å². The van der Waals surface area contributed by atoms with E-state index in [1.54, 1.807) is 25.3 Å². The Bertz CT molecular complexity index is 876. The van der Waals surface area contributed by atoms with Gasteiger partial charge in [0.2, 0.25) is 0 Å². The zero-order valence-electron chi connectivity index (χ0n) is 14.9. The minimum absolute atomic E-state index is 0.0680. The summed E-state index contributed by atoms with van der Waals surface area (Å²) in [5, 5.41) is 21.9. The van der Waals surface area contributed by atoms with Gasteiger partial charge in [0, 0.05) is 41.7 Å². The van der Waals surface area contributed by atoms with E-state index in [9.17, 15) is 19.8 Å². The number of carbonyl (C=O) groups is 2. The summed E-state index contributed by atoms with van der Waals surface area (Å²) in [6, 6.07) is 5.00. The number of fused-ring (bicyclic) bond motifs is 2. The van der Waals surface area contributed by atoms with Gasteiger partial charge in [0.05, 0.1) is 12.2 Å². The number of carbonyl (C=O) groups excluding carboxylic acids is 2. The van der Waals surface area contributed by atoms with Crippen LogP contribution in [0, 0.1) is 5.92 Å². The molecule has 0 amide bonds. The Hall–Kier alpha value is -2.24. The summed E-state index contributed by atoms with van der Waals surface area (Å²) in [5.74, 6) is -0.588. The van der Waals surface area contributed by atoms with Crippen LogP contribution in [-0.4, -0.2) is 41.1 Å². The van der Waals surface area contributed by atoms with Gasteiger partial charge in [0.15, 0.2) is 11.6 Å². The van der Waals surface area contributed by atoms with Crippen LogP contribution >= 0.6 is 0 Å². The normalized spacial score (nSPS) is 27.8. The molecular weight excluding hydrogens is 332 g/mol. The molecule has 5 nitrogen and oxygen atoms in total. The van der Waals surface area contributed by atoms with Crippen LogP contribution in [0.3, 0.4) is 0 Å². The second-order valence-electron chi connectivity index (χ2n) is 7.34. The van der Waals surface area contributed by atoms with Crippen LogP contribution in [0.5, 0.6) is 0 Å². The molecule has 0 spiro atoms. The first kappa shape index (κ1) is 17.2. The van der Waals surface area contributed by atoms with Gasteiger partial charge in [-0.15, -0.1) is 0 Å². The maximum Gasteiger partial charge on any atom is 0.192 e. The van der Waals surface area contributed by atoms with Crippen LogP contribution < -0.4 is 0 Å². The van der Waals surface area contributed by atoms with Crippen molar-refractivity contribution in [3.8, 4) is 0 Å². The molecule has 3 unspecified atom stereocenters. The molecule has 4 rings (SSSR count). The van der Waals surface area contributed by atoms with Crippen LogP contribution in [-0.2, 0) is 11.2 Å². The fourth-order valence-corrected chi connectivity index (χ4v) is 4.64. The highest BCUT2D eigenvalue weighted by Crippen LogP contribution is 2.46. The van der Waals surface area contributed by atoms with Gasteiger partial charge in [-0.1, -0.05) is 12.1 Å². The molecule has 1 fully saturated rings. The SMILES string of the molecule is COC1CCCC2=C(O)C3=C(C(=O)c4ccc(C(C)=O)cc4C3)C(O)C21. The van der Waals surface area contributed by atoms with Gasteiger partial charge in [-0.05, 0) is 43.4 Å². The second-order valence-corrected chi connectivity index (χ2v) is 7.34. The number of methoxy groups -OCH3 is 1. The molecule has 1 saturated carbocycles. The number of hydrogen-bond donors (Lipinski definition) is 2. The lowest BCUT2D eigenvalue weighted by Crippen LogP contribution is -2.44. The van der Waals surface area contributed by atoms with Crippen molar-refractivity contribution >= 4 is 11.6 Å². The average Bonchev–Trinajstić information content (AvgIpc) is 2.64. The Morgan fingerprint density at radius 3 is 2.77 bits per heavy atom. The van der Waals surface area contributed by atoms with Crippen LogP contribution in [0.15, 0.2) is 40.7 Å². The molecule has 3 aliphatic carbocycles. The van der Waals surface area contributed by atoms with E-state index < -0.39 is 6.10 Å². The predicted octanol–water partition coefficient (Wildman–Crippen LogP) is 2.93. The summed E-state index contributed by atoms with van der Waals surface area (Å²) in [6.07, 6.45) is 1.52. The fourth-order valence-electron chi connectivity index (χ4n) is 4.64. The van der Waals surface area contributed by atoms with E-state index in [0.717, 1.165) is 24.0 Å². The van der Waals surface area contributed by atoms with Crippen molar-refractivity contribution < 1.29 is 24.5 Å². The molecule has 1 aromatic rings. The summed E-state index contributed by atoms with van der Waals surface area (Å²) in [4.78, 5) is 24.7. The molecule has 0 aromatic heterocycles. The van der Waals surface area contributed by atoms with Gasteiger partial charge in [0.1, 0.15) is 5.76 Å². The van der Waals surface area contributed by atoms with Crippen molar-refractivity contribution in [3.05, 3.63) is 57.4 Å². The Morgan fingerprint density at radius 1 is 1.31 bits per heavy atom. The first-order valence-corrected chi connectivity index (χ1v) is 8.98. The van der Waals surface area contributed by atoms with Gasteiger partial charge in [-0.25, -0.2) is 0 Å². The number of aliphatic hydroxyl groups excluding tert-OH is 2. The molecule has 3 atom stereocenters. The number of aliphatic hydroxyl groups is 2. The highest BCUT2D eigenvalue weighted by Gasteiger charge is 2.46. The Labute approximate surface area is 152 Å². The van der Waals surface area contributed by atoms with Crippen LogP contribution in [0.25, 0.3) is 0 Å². The van der Waals surface area contributed by atoms with Crippen molar-refractivity contribution in [1.29, 1.82) is 0 Å². The van der Waals surface area contributed by atoms with Gasteiger partial charge in [0.25, 0.3) is 0 Å². The molecule has 26 heavy (non-hydrogen) atoms. The van der Waals surface area contributed by atoms with Gasteiger partial charge in [-0.3, -0.25) is 9.59 Å². The minimum Gasteiger partial charge on any atom is -0.508 e. The summed E-state index contributed by atoms with van der Waals surface area (Å²) in [7, 11) is 1.60. The lowest BCUT2D eigenvalue weighted by atomic mass is 9.67. The lowest BCUT2D eigenvalue weighted by molar-refractivity contribution is -0.00595. The Balaban J connectivity index is 1.84. The number of allylic oxidation sites excluding steroid dienone is 1. The summed E-state index contributed by atoms with van der Waals surface area (Å²) in [5.41, 5.74) is 3.32. The molecule has 0 aliphatic heterocycles. The maximum atomic E-state index is 13.1. The monoisotopic (exact) mass is 354 g/mol. The Kier molecular flexibility index (Phi) is 4.09. The van der Waals surface area contributed by atoms with Gasteiger partial charge < -0.3 is 14.9 Å². The third-order valence-electron chi connectivity index (χ3n) is 5.96. The van der Waals surface area contributed by atoms with Crippen molar-refractivity contribution in [2.75, 3.05) is 7.11 Å². The number of ketones is 2. The van der Waals surface area contributed by atoms with Crippen molar-refractivity contribution in [2.45, 2.75) is 44.8 Å². The quantitative estimate of drug-likeness (QED) is 0.798. The minimum atomic E-state index is -0.978. The molecule has 0 radical (unpaired) electrons. The standard InChI is InChI=1S/C21H22O5/c1-10(22)11-6-7-13-12(8-11)9-15-18(20(13)24)21(25)17-14(19(15)23)4-3-5-16(17)26-2/h6-8,16-17,21,23,25H,3-5,9H2,1-2H3. The van der Waals surface area contributed by atoms with E-state index in [4.69, 9.17) is 4.74 Å². The highest BCUT2D eigenvalue weighted by atomic mass is 16.5. The van der Waals surface area contributed by atoms with E-state index in [1.807, 2.05) is 0 Å². The second kappa shape index (κ2) is 6.18. The molecule has 0 bridgehead atoms. The van der Waals surface area contributed by atoms with Gasteiger partial charge >= 0.3 is 0 Å². The van der Waals surface area contributed by atoms with Crippen LogP contribution in [0.4, 0.5) is 0 Å². The van der Waals surface area contributed by atoms with Crippen LogP contribution in [0.1, 0.15) is 52.5 Å². The average molecular weight is 354 g/mol. The third-order valence-corrected chi connectivity index (χ3v) is 5.96. The Morgan fingerprint density at radius 2 is 2.08 bits per heavy atom. The zero-order valence-corrected chi connectivity index (χ0v) is 14.9. The molecule has 0 heterocycles. The first-order chi connectivity index (χ1) is 12.4. The third kappa shape index (κ3) is 2.38. The van der Waals surface area contributed by atoms with E-state index in [1.165, 1.54) is 6.92 Å². The maximum absolute atomic E-state index is 13.1. The summed E-state index contributed by atoms with van der Waals surface area (Å²) < 4.78 is 5.53. The fraction of sp³-hybridized carbons (Fsp3) is 0.429. The van der Waals surface area contributed by atoms with Crippen molar-refractivity contribution in [3.63, 3.8) is 0 Å². The van der Waals surface area contributed by atoms with Crippen molar-refractivity contribution in [2.24, 2.45) is 5.92 Å². The number of Topliss-reactive ketones (excluding diaryl/α,β-unsaturated/α-hetero) is 2. The van der Waals surface area contributed by atoms with E-state index in [-0.39, 0.29) is 34.9 Å². The number of benzene rings is 1. The summed E-state index contributed by atoms with van der Waals surface area (Å²) >= 11 is 0. The number of rotatable bonds is 2. The predicted molar refractivity (Wildman–Crippen MR) is 95.3 cm³/mol. The molecule has 1 aromatic carbocycles. The zero-order chi connectivity index (χ0) is 18.6. The molecule has 2 N–H and O–H groups in total.